The maximum Gasteiger partial charge on any atom is 0.245 e. The van der Waals surface area contributed by atoms with Crippen molar-refractivity contribution in [3.05, 3.63) is 12.7 Å². The summed E-state index contributed by atoms with van der Waals surface area (Å²) in [5.74, 6) is -0.0387. The molecule has 4 atom stereocenters. The van der Waals surface area contributed by atoms with Gasteiger partial charge in [0.05, 0.1) is 12.9 Å². The van der Waals surface area contributed by atoms with E-state index in [1.807, 2.05) is 0 Å². The number of rotatable bonds is 11. The number of aromatic nitrogens is 4. The van der Waals surface area contributed by atoms with Crippen molar-refractivity contribution in [2.75, 3.05) is 32.0 Å². The summed E-state index contributed by atoms with van der Waals surface area (Å²) in [4.78, 5) is 24.0. The maximum absolute atomic E-state index is 11.8. The van der Waals surface area contributed by atoms with E-state index in [-0.39, 0.29) is 24.9 Å². The van der Waals surface area contributed by atoms with E-state index in [1.165, 1.54) is 17.2 Å². The number of hydrogen-bond acceptors (Lipinski definition) is 10. The van der Waals surface area contributed by atoms with Gasteiger partial charge in [-0.3, -0.25) is 9.36 Å². The smallest absolute Gasteiger partial charge is 0.245 e. The van der Waals surface area contributed by atoms with Gasteiger partial charge in [0, 0.05) is 6.54 Å². The number of nitrogens with two attached hydrogens (primary N) is 2. The zero-order chi connectivity index (χ0) is 21.5. The molecule has 166 valence electrons. The van der Waals surface area contributed by atoms with Crippen LogP contribution in [0, 0.1) is 0 Å². The lowest BCUT2D eigenvalue weighted by molar-refractivity contribution is -0.128. The van der Waals surface area contributed by atoms with Gasteiger partial charge >= 0.3 is 0 Å². The molecule has 3 heterocycles. The van der Waals surface area contributed by atoms with Crippen LogP contribution in [0.25, 0.3) is 11.2 Å². The summed E-state index contributed by atoms with van der Waals surface area (Å²) >= 11 is 0. The van der Waals surface area contributed by atoms with Crippen molar-refractivity contribution in [3.8, 4) is 0 Å². The average molecular weight is 423 g/mol. The fraction of sp³-hybridized carbons (Fsp3) is 0.667. The van der Waals surface area contributed by atoms with Crippen molar-refractivity contribution in [2.24, 2.45) is 5.73 Å². The summed E-state index contributed by atoms with van der Waals surface area (Å²) in [6.07, 6.45) is 2.48. The molecular weight excluding hydrogens is 394 g/mol. The second kappa shape index (κ2) is 10.6. The summed E-state index contributed by atoms with van der Waals surface area (Å²) < 4.78 is 12.6. The highest BCUT2D eigenvalue weighted by atomic mass is 16.6. The van der Waals surface area contributed by atoms with Gasteiger partial charge in [0.1, 0.15) is 36.8 Å². The molecule has 3 rings (SSSR count). The quantitative estimate of drug-likeness (QED) is 0.272. The molecule has 0 saturated carbocycles. The molecule has 0 aliphatic carbocycles. The number of nitrogens with one attached hydrogen (secondary N) is 1. The molecule has 1 aliphatic heterocycles. The first kappa shape index (κ1) is 22.3. The molecule has 2 aromatic rings. The summed E-state index contributed by atoms with van der Waals surface area (Å²) in [6, 6.07) is 0. The number of carbonyl (C=O) groups is 1. The molecule has 30 heavy (non-hydrogen) atoms. The van der Waals surface area contributed by atoms with Crippen LogP contribution in [0.4, 0.5) is 5.82 Å². The van der Waals surface area contributed by atoms with Gasteiger partial charge in [-0.1, -0.05) is 12.8 Å². The number of ether oxygens (including phenoxy) is 2. The maximum atomic E-state index is 11.8. The third-order valence-corrected chi connectivity index (χ3v) is 4.97. The van der Waals surface area contributed by atoms with Crippen LogP contribution in [0.15, 0.2) is 12.7 Å². The Labute approximate surface area is 173 Å². The van der Waals surface area contributed by atoms with Crippen LogP contribution in [0.3, 0.4) is 0 Å². The Morgan fingerprint density at radius 3 is 2.80 bits per heavy atom. The number of nitrogen functional groups attached to an aromatic ring is 1. The minimum atomic E-state index is -1.23. The number of carbonyl (C=O) groups excluding carboxylic acids is 1. The van der Waals surface area contributed by atoms with E-state index in [0.717, 1.165) is 25.7 Å². The van der Waals surface area contributed by atoms with E-state index >= 15 is 0 Å². The third kappa shape index (κ3) is 5.21. The van der Waals surface area contributed by atoms with E-state index in [0.29, 0.717) is 24.3 Å². The standard InChI is InChI=1S/C18H29N7O5/c19-5-3-1-2-4-6-21-12(26)8-29-7-11-14(27)15(28)18(30-11)25-10-24-13-16(20)22-9-23-17(13)25/h9-11,14-15,18,27-28H,1-8,19H2,(H,21,26)(H2,20,22,23)/t11-,14-,15-,18-/m1/s1. The second-order valence-corrected chi connectivity index (χ2v) is 7.20. The Hall–Kier alpha value is -2.38. The molecule has 12 heteroatoms. The van der Waals surface area contributed by atoms with Crippen LogP contribution < -0.4 is 16.8 Å². The molecule has 0 aromatic carbocycles. The lowest BCUT2D eigenvalue weighted by Crippen LogP contribution is -2.35. The number of hydrogen-bond donors (Lipinski definition) is 5. The van der Waals surface area contributed by atoms with E-state index in [9.17, 15) is 15.0 Å². The zero-order valence-corrected chi connectivity index (χ0v) is 16.7. The first-order valence-corrected chi connectivity index (χ1v) is 10.0. The number of imidazole rings is 1. The van der Waals surface area contributed by atoms with Gasteiger partial charge < -0.3 is 36.5 Å². The summed E-state index contributed by atoms with van der Waals surface area (Å²) in [6.45, 7) is 1.05. The molecule has 0 unspecified atom stereocenters. The minimum absolute atomic E-state index is 0.0532. The molecule has 1 aliphatic rings. The number of nitrogens with zero attached hydrogens (tertiary/aromatic N) is 4. The molecule has 0 bridgehead atoms. The van der Waals surface area contributed by atoms with Crippen LogP contribution >= 0.6 is 0 Å². The fourth-order valence-corrected chi connectivity index (χ4v) is 3.32. The SMILES string of the molecule is NCCCCCCNC(=O)COC[C@H]1O[C@@H](n2cnc3c(N)ncnc32)[C@H](O)[C@@H]1O. The van der Waals surface area contributed by atoms with Gasteiger partial charge in [-0.2, -0.15) is 0 Å². The topological polar surface area (TPSA) is 184 Å². The molecule has 1 amide bonds. The van der Waals surface area contributed by atoms with Crippen LogP contribution in [-0.4, -0.2) is 80.3 Å². The van der Waals surface area contributed by atoms with Gasteiger partial charge in [0.2, 0.25) is 5.91 Å². The number of unbranched alkanes of at least 4 members (excludes halogenated alkanes) is 3. The highest BCUT2D eigenvalue weighted by molar-refractivity contribution is 5.81. The van der Waals surface area contributed by atoms with Crippen LogP contribution in [0.5, 0.6) is 0 Å². The minimum Gasteiger partial charge on any atom is -0.387 e. The largest absolute Gasteiger partial charge is 0.387 e. The monoisotopic (exact) mass is 423 g/mol. The number of fused-ring (bicyclic) bond motifs is 1. The third-order valence-electron chi connectivity index (χ3n) is 4.97. The van der Waals surface area contributed by atoms with Crippen molar-refractivity contribution < 1.29 is 24.5 Å². The highest BCUT2D eigenvalue weighted by Gasteiger charge is 2.44. The van der Waals surface area contributed by atoms with E-state index in [1.54, 1.807) is 0 Å². The summed E-state index contributed by atoms with van der Waals surface area (Å²) in [7, 11) is 0. The fourth-order valence-electron chi connectivity index (χ4n) is 3.32. The van der Waals surface area contributed by atoms with E-state index in [2.05, 4.69) is 20.3 Å². The molecular formula is C18H29N7O5. The van der Waals surface area contributed by atoms with Gasteiger partial charge in [-0.15, -0.1) is 0 Å². The second-order valence-electron chi connectivity index (χ2n) is 7.20. The lowest BCUT2D eigenvalue weighted by atomic mass is 10.1. The highest BCUT2D eigenvalue weighted by Crippen LogP contribution is 2.32. The van der Waals surface area contributed by atoms with E-state index < -0.39 is 24.5 Å². The Morgan fingerprint density at radius 2 is 2.00 bits per heavy atom. The van der Waals surface area contributed by atoms with Crippen molar-refractivity contribution in [2.45, 2.75) is 50.2 Å². The van der Waals surface area contributed by atoms with Crippen LogP contribution in [0.2, 0.25) is 0 Å². The normalized spacial score (nSPS) is 23.8. The molecule has 0 radical (unpaired) electrons. The van der Waals surface area contributed by atoms with Gasteiger partial charge in [0.25, 0.3) is 0 Å². The zero-order valence-electron chi connectivity index (χ0n) is 16.7. The predicted molar refractivity (Wildman–Crippen MR) is 107 cm³/mol. The van der Waals surface area contributed by atoms with Crippen molar-refractivity contribution in [1.82, 2.24) is 24.8 Å². The Kier molecular flexibility index (Phi) is 7.87. The Bertz CT molecular complexity index is 832. The summed E-state index contributed by atoms with van der Waals surface area (Å²) in [5, 5.41) is 23.5. The predicted octanol–water partition coefficient (Wildman–Crippen LogP) is -1.32. The summed E-state index contributed by atoms with van der Waals surface area (Å²) in [5.41, 5.74) is 12.0. The molecule has 7 N–H and O–H groups in total. The molecule has 1 saturated heterocycles. The van der Waals surface area contributed by atoms with Crippen molar-refractivity contribution in [3.63, 3.8) is 0 Å². The molecule has 2 aromatic heterocycles. The van der Waals surface area contributed by atoms with Gasteiger partial charge in [0.15, 0.2) is 17.7 Å². The van der Waals surface area contributed by atoms with Gasteiger partial charge in [-0.05, 0) is 19.4 Å². The van der Waals surface area contributed by atoms with Crippen molar-refractivity contribution in [1.29, 1.82) is 0 Å². The average Bonchev–Trinajstić information content (AvgIpc) is 3.28. The van der Waals surface area contributed by atoms with Crippen molar-refractivity contribution >= 4 is 22.9 Å². The Balaban J connectivity index is 1.45. The Morgan fingerprint density at radius 1 is 1.20 bits per heavy atom. The number of amides is 1. The number of aliphatic hydroxyl groups excluding tert-OH is 2. The first-order valence-electron chi connectivity index (χ1n) is 10.0. The lowest BCUT2D eigenvalue weighted by Gasteiger charge is -2.16. The van der Waals surface area contributed by atoms with Gasteiger partial charge in [-0.25, -0.2) is 15.0 Å². The number of anilines is 1. The molecule has 0 spiro atoms. The first-order chi connectivity index (χ1) is 14.5. The van der Waals surface area contributed by atoms with E-state index in [4.69, 9.17) is 20.9 Å². The molecule has 12 nitrogen and oxygen atoms in total. The molecule has 1 fully saturated rings. The van der Waals surface area contributed by atoms with Crippen LogP contribution in [-0.2, 0) is 14.3 Å². The van der Waals surface area contributed by atoms with Crippen LogP contribution in [0.1, 0.15) is 31.9 Å². The number of aliphatic hydroxyl groups is 2.